The van der Waals surface area contributed by atoms with Crippen LogP contribution in [0.15, 0.2) is 75.9 Å². The van der Waals surface area contributed by atoms with Crippen molar-refractivity contribution >= 4 is 39.9 Å². The van der Waals surface area contributed by atoms with Crippen LogP contribution in [0.3, 0.4) is 0 Å². The van der Waals surface area contributed by atoms with E-state index in [0.29, 0.717) is 26.8 Å². The lowest BCUT2D eigenvalue weighted by Crippen LogP contribution is -2.10. The number of nitro benzene ring substituents is 1. The van der Waals surface area contributed by atoms with Crippen LogP contribution in [-0.4, -0.2) is 4.92 Å². The zero-order valence-electron chi connectivity index (χ0n) is 15.3. The van der Waals surface area contributed by atoms with Crippen LogP contribution in [0.5, 0.6) is 5.75 Å². The summed E-state index contributed by atoms with van der Waals surface area (Å²) in [6.07, 6.45) is 0. The van der Waals surface area contributed by atoms with Gasteiger partial charge in [-0.2, -0.15) is 0 Å². The van der Waals surface area contributed by atoms with Gasteiger partial charge in [-0.1, -0.05) is 35.3 Å². The molecule has 8 heteroatoms. The SMILES string of the molecule is O=c1c(OCc2ccc([N+](=O)[O-])cc2)c(-c2ccccc2Cl)oc2ccc(Cl)cc12. The molecule has 0 fully saturated rings. The van der Waals surface area contributed by atoms with Crippen molar-refractivity contribution in [2.24, 2.45) is 0 Å². The van der Waals surface area contributed by atoms with Crippen LogP contribution in [0.1, 0.15) is 5.56 Å². The lowest BCUT2D eigenvalue weighted by molar-refractivity contribution is -0.384. The number of non-ortho nitro benzene ring substituents is 1. The summed E-state index contributed by atoms with van der Waals surface area (Å²) in [4.78, 5) is 23.5. The van der Waals surface area contributed by atoms with E-state index in [2.05, 4.69) is 0 Å². The molecule has 6 nitrogen and oxygen atoms in total. The molecule has 150 valence electrons. The quantitative estimate of drug-likeness (QED) is 0.269. The topological polar surface area (TPSA) is 82.6 Å². The molecule has 0 amide bonds. The minimum atomic E-state index is -0.484. The Morgan fingerprint density at radius 1 is 1.00 bits per heavy atom. The van der Waals surface area contributed by atoms with Gasteiger partial charge in [0.2, 0.25) is 11.2 Å². The second kappa shape index (κ2) is 8.18. The molecular weight excluding hydrogens is 429 g/mol. The standard InChI is InChI=1S/C22H13Cl2NO5/c23-14-7-10-19-17(11-14)20(26)22(21(30-19)16-3-1-2-4-18(16)24)29-12-13-5-8-15(9-6-13)25(27)28/h1-11H,12H2. The molecule has 0 aliphatic rings. The highest BCUT2D eigenvalue weighted by molar-refractivity contribution is 6.33. The Kier molecular flexibility index (Phi) is 5.44. The highest BCUT2D eigenvalue weighted by atomic mass is 35.5. The van der Waals surface area contributed by atoms with E-state index in [1.807, 2.05) is 0 Å². The van der Waals surface area contributed by atoms with Gasteiger partial charge in [-0.25, -0.2) is 0 Å². The van der Waals surface area contributed by atoms with E-state index in [4.69, 9.17) is 32.4 Å². The molecule has 0 aliphatic heterocycles. The largest absolute Gasteiger partial charge is 0.481 e. The second-order valence-electron chi connectivity index (χ2n) is 6.42. The molecule has 1 aromatic heterocycles. The van der Waals surface area contributed by atoms with E-state index in [1.165, 1.54) is 18.2 Å². The molecule has 0 spiro atoms. The summed E-state index contributed by atoms with van der Waals surface area (Å²) in [5.74, 6) is 0.179. The van der Waals surface area contributed by atoms with Crippen LogP contribution in [0.2, 0.25) is 10.0 Å². The molecule has 0 bridgehead atoms. The van der Waals surface area contributed by atoms with Crippen LogP contribution in [0.4, 0.5) is 5.69 Å². The number of rotatable bonds is 5. The van der Waals surface area contributed by atoms with Crippen molar-refractivity contribution < 1.29 is 14.1 Å². The van der Waals surface area contributed by atoms with Gasteiger partial charge in [-0.3, -0.25) is 14.9 Å². The summed E-state index contributed by atoms with van der Waals surface area (Å²) in [5, 5.41) is 11.9. The van der Waals surface area contributed by atoms with Gasteiger partial charge in [0.25, 0.3) is 5.69 Å². The van der Waals surface area contributed by atoms with Crippen molar-refractivity contribution in [2.45, 2.75) is 6.61 Å². The van der Waals surface area contributed by atoms with Crippen molar-refractivity contribution in [3.05, 3.63) is 103 Å². The molecule has 1 heterocycles. The third-order valence-electron chi connectivity index (χ3n) is 4.46. The Labute approximate surface area is 180 Å². The molecule has 0 aliphatic carbocycles. The van der Waals surface area contributed by atoms with Crippen LogP contribution in [-0.2, 0) is 6.61 Å². The number of benzene rings is 3. The van der Waals surface area contributed by atoms with Gasteiger partial charge in [0.15, 0.2) is 5.76 Å². The number of nitrogens with zero attached hydrogens (tertiary/aromatic N) is 1. The van der Waals surface area contributed by atoms with E-state index in [9.17, 15) is 14.9 Å². The van der Waals surface area contributed by atoms with Gasteiger partial charge in [0.1, 0.15) is 12.2 Å². The summed E-state index contributed by atoms with van der Waals surface area (Å²) in [6, 6.07) is 17.6. The lowest BCUT2D eigenvalue weighted by Gasteiger charge is -2.13. The van der Waals surface area contributed by atoms with E-state index in [-0.39, 0.29) is 29.2 Å². The summed E-state index contributed by atoms with van der Waals surface area (Å²) >= 11 is 12.4. The third kappa shape index (κ3) is 3.87. The Bertz CT molecular complexity index is 1320. The lowest BCUT2D eigenvalue weighted by atomic mass is 10.1. The van der Waals surface area contributed by atoms with Gasteiger partial charge in [-0.05, 0) is 48.0 Å². The van der Waals surface area contributed by atoms with Gasteiger partial charge in [0, 0.05) is 22.7 Å². The molecule has 0 saturated heterocycles. The minimum Gasteiger partial charge on any atom is -0.481 e. The second-order valence-corrected chi connectivity index (χ2v) is 7.27. The van der Waals surface area contributed by atoms with Crippen molar-refractivity contribution in [1.29, 1.82) is 0 Å². The van der Waals surface area contributed by atoms with Crippen molar-refractivity contribution in [2.75, 3.05) is 0 Å². The van der Waals surface area contributed by atoms with Crippen LogP contribution in [0.25, 0.3) is 22.3 Å². The molecule has 4 rings (SSSR count). The molecule has 4 aromatic rings. The van der Waals surface area contributed by atoms with E-state index in [1.54, 1.807) is 48.5 Å². The summed E-state index contributed by atoms with van der Waals surface area (Å²) in [6.45, 7) is 0.00623. The predicted molar refractivity (Wildman–Crippen MR) is 115 cm³/mol. The first-order valence-corrected chi connectivity index (χ1v) is 9.57. The van der Waals surface area contributed by atoms with Gasteiger partial charge >= 0.3 is 0 Å². The highest BCUT2D eigenvalue weighted by Gasteiger charge is 2.20. The molecule has 0 atom stereocenters. The first-order chi connectivity index (χ1) is 14.4. The van der Waals surface area contributed by atoms with E-state index < -0.39 is 10.4 Å². The molecule has 0 saturated carbocycles. The first kappa shape index (κ1) is 19.9. The zero-order valence-corrected chi connectivity index (χ0v) is 16.8. The first-order valence-electron chi connectivity index (χ1n) is 8.81. The Morgan fingerprint density at radius 2 is 1.73 bits per heavy atom. The number of hydrogen-bond donors (Lipinski definition) is 0. The van der Waals surface area contributed by atoms with Gasteiger partial charge < -0.3 is 9.15 Å². The highest BCUT2D eigenvalue weighted by Crippen LogP contribution is 2.36. The van der Waals surface area contributed by atoms with Crippen LogP contribution < -0.4 is 10.2 Å². The number of nitro groups is 1. The van der Waals surface area contributed by atoms with Gasteiger partial charge in [-0.15, -0.1) is 0 Å². The van der Waals surface area contributed by atoms with Crippen molar-refractivity contribution in [3.8, 4) is 17.1 Å². The maximum Gasteiger partial charge on any atom is 0.269 e. The Hall–Kier alpha value is -3.35. The van der Waals surface area contributed by atoms with Crippen LogP contribution in [0, 0.1) is 10.1 Å². The maximum absolute atomic E-state index is 13.2. The fraction of sp³-hybridized carbons (Fsp3) is 0.0455. The molecule has 0 unspecified atom stereocenters. The normalized spacial score (nSPS) is 10.9. The Morgan fingerprint density at radius 3 is 2.43 bits per heavy atom. The Balaban J connectivity index is 1.81. The third-order valence-corrected chi connectivity index (χ3v) is 5.02. The van der Waals surface area contributed by atoms with Gasteiger partial charge in [0.05, 0.1) is 15.3 Å². The van der Waals surface area contributed by atoms with E-state index >= 15 is 0 Å². The average Bonchev–Trinajstić information content (AvgIpc) is 2.74. The fourth-order valence-corrected chi connectivity index (χ4v) is 3.37. The number of halogens is 2. The summed E-state index contributed by atoms with van der Waals surface area (Å²) < 4.78 is 11.8. The molecular formula is C22H13Cl2NO5. The monoisotopic (exact) mass is 441 g/mol. The van der Waals surface area contributed by atoms with Crippen molar-refractivity contribution in [3.63, 3.8) is 0 Å². The molecule has 0 N–H and O–H groups in total. The van der Waals surface area contributed by atoms with Crippen molar-refractivity contribution in [1.82, 2.24) is 0 Å². The molecule has 30 heavy (non-hydrogen) atoms. The predicted octanol–water partition coefficient (Wildman–Crippen LogP) is 6.25. The minimum absolute atomic E-state index is 0.00623. The molecule has 3 aromatic carbocycles. The van der Waals surface area contributed by atoms with E-state index in [0.717, 1.165) is 0 Å². The number of hydrogen-bond acceptors (Lipinski definition) is 5. The average molecular weight is 442 g/mol. The number of ether oxygens (including phenoxy) is 1. The summed E-state index contributed by atoms with van der Waals surface area (Å²) in [5.41, 5.74) is 1.08. The smallest absolute Gasteiger partial charge is 0.269 e. The number of fused-ring (bicyclic) bond motifs is 1. The van der Waals surface area contributed by atoms with Crippen LogP contribution >= 0.6 is 23.2 Å². The summed E-state index contributed by atoms with van der Waals surface area (Å²) in [7, 11) is 0. The maximum atomic E-state index is 13.2. The molecule has 0 radical (unpaired) electrons. The zero-order chi connectivity index (χ0) is 21.3. The fourth-order valence-electron chi connectivity index (χ4n) is 2.97.